The van der Waals surface area contributed by atoms with E-state index in [1.807, 2.05) is 0 Å². The van der Waals surface area contributed by atoms with E-state index in [4.69, 9.17) is 0 Å². The van der Waals surface area contributed by atoms with Crippen LogP contribution in [0.4, 0.5) is 15.9 Å². The molecule has 1 amide bonds. The Kier molecular flexibility index (Phi) is 5.02. The first-order valence-corrected chi connectivity index (χ1v) is 7.75. The van der Waals surface area contributed by atoms with E-state index in [-0.39, 0.29) is 37.1 Å². The molecule has 0 spiro atoms. The van der Waals surface area contributed by atoms with Gasteiger partial charge in [-0.05, 0) is 11.0 Å². The Bertz CT molecular complexity index is 935. The largest absolute Gasteiger partial charge is 0.389 e. The number of anilines is 1. The van der Waals surface area contributed by atoms with Gasteiger partial charge >= 0.3 is 5.82 Å². The minimum Gasteiger partial charge on any atom is -0.358 e. The molecule has 3 aromatic rings. The lowest BCUT2D eigenvalue weighted by atomic mass is 10.2. The summed E-state index contributed by atoms with van der Waals surface area (Å²) < 4.78 is 16.5. The molecule has 0 aliphatic heterocycles. The van der Waals surface area contributed by atoms with E-state index in [0.717, 1.165) is 0 Å². The first kappa shape index (κ1) is 17.3. The molecule has 134 valence electrons. The Hall–Kier alpha value is -3.56. The van der Waals surface area contributed by atoms with Gasteiger partial charge < -0.3 is 15.4 Å². The molecule has 0 atom stereocenters. The Morgan fingerprint density at radius 1 is 1.27 bits per heavy atom. The normalized spacial score (nSPS) is 10.7. The number of nitro groups is 1. The van der Waals surface area contributed by atoms with Crippen LogP contribution in [0, 0.1) is 15.9 Å². The number of nitrogens with zero attached hydrogens (tertiary/aromatic N) is 5. The Morgan fingerprint density at radius 2 is 2.08 bits per heavy atom. The number of aryl methyl sites for hydroxylation is 1. The summed E-state index contributed by atoms with van der Waals surface area (Å²) in [5, 5.41) is 21.1. The summed E-state index contributed by atoms with van der Waals surface area (Å²) in [4.78, 5) is 21.9. The van der Waals surface area contributed by atoms with Gasteiger partial charge in [0.15, 0.2) is 0 Å². The SMILES string of the molecule is O=C(CCn1ccc([N+](=O)[O-])n1)Nc1cnn(Cc2ccccc2F)c1. The highest BCUT2D eigenvalue weighted by molar-refractivity contribution is 5.90. The van der Waals surface area contributed by atoms with Crippen molar-refractivity contribution >= 4 is 17.4 Å². The molecule has 10 heteroatoms. The lowest BCUT2D eigenvalue weighted by Gasteiger charge is -2.03. The average molecular weight is 358 g/mol. The highest BCUT2D eigenvalue weighted by Gasteiger charge is 2.12. The fourth-order valence-electron chi connectivity index (χ4n) is 2.33. The molecule has 9 nitrogen and oxygen atoms in total. The molecule has 2 heterocycles. The zero-order valence-corrected chi connectivity index (χ0v) is 13.6. The van der Waals surface area contributed by atoms with Crippen LogP contribution in [0.25, 0.3) is 0 Å². The van der Waals surface area contributed by atoms with Crippen molar-refractivity contribution in [3.8, 4) is 0 Å². The molecule has 0 fully saturated rings. The number of hydrogen-bond donors (Lipinski definition) is 1. The van der Waals surface area contributed by atoms with Crippen LogP contribution in [-0.4, -0.2) is 30.4 Å². The standard InChI is InChI=1S/C16H15FN6O3/c17-14-4-2-1-3-12(14)10-22-11-13(9-18-22)19-16(24)6-8-21-7-5-15(20-21)23(25)26/h1-5,7,9,11H,6,8,10H2,(H,19,24). The third kappa shape index (κ3) is 4.29. The lowest BCUT2D eigenvalue weighted by Crippen LogP contribution is -2.14. The van der Waals surface area contributed by atoms with E-state index >= 15 is 0 Å². The highest BCUT2D eigenvalue weighted by Crippen LogP contribution is 2.11. The fraction of sp³-hybridized carbons (Fsp3) is 0.188. The number of nitrogens with one attached hydrogen (secondary N) is 1. The van der Waals surface area contributed by atoms with E-state index in [1.54, 1.807) is 24.4 Å². The lowest BCUT2D eigenvalue weighted by molar-refractivity contribution is -0.389. The fourth-order valence-corrected chi connectivity index (χ4v) is 2.33. The maximum absolute atomic E-state index is 13.6. The van der Waals surface area contributed by atoms with E-state index < -0.39 is 4.92 Å². The van der Waals surface area contributed by atoms with Crippen molar-refractivity contribution < 1.29 is 14.1 Å². The third-order valence-electron chi connectivity index (χ3n) is 3.59. The number of rotatable bonds is 7. The van der Waals surface area contributed by atoms with Gasteiger partial charge in [-0.2, -0.15) is 9.78 Å². The highest BCUT2D eigenvalue weighted by atomic mass is 19.1. The van der Waals surface area contributed by atoms with Crippen LogP contribution >= 0.6 is 0 Å². The molecule has 2 aromatic heterocycles. The van der Waals surface area contributed by atoms with Gasteiger partial charge in [-0.15, -0.1) is 0 Å². The van der Waals surface area contributed by atoms with Crippen LogP contribution in [0.2, 0.25) is 0 Å². The maximum atomic E-state index is 13.6. The summed E-state index contributed by atoms with van der Waals surface area (Å²) >= 11 is 0. The van der Waals surface area contributed by atoms with Crippen molar-refractivity contribution in [1.29, 1.82) is 0 Å². The van der Waals surface area contributed by atoms with Crippen molar-refractivity contribution in [2.24, 2.45) is 0 Å². The molecule has 0 unspecified atom stereocenters. The minimum atomic E-state index is -0.597. The minimum absolute atomic E-state index is 0.0946. The molecular weight excluding hydrogens is 343 g/mol. The second kappa shape index (κ2) is 7.55. The number of benzene rings is 1. The van der Waals surface area contributed by atoms with Gasteiger partial charge in [-0.3, -0.25) is 9.48 Å². The number of carbonyl (C=O) groups excluding carboxylic acids is 1. The van der Waals surface area contributed by atoms with Gasteiger partial charge in [-0.1, -0.05) is 18.2 Å². The summed E-state index contributed by atoms with van der Waals surface area (Å²) in [6, 6.07) is 7.66. The van der Waals surface area contributed by atoms with E-state index in [9.17, 15) is 19.3 Å². The first-order valence-electron chi connectivity index (χ1n) is 7.75. The summed E-state index contributed by atoms with van der Waals surface area (Å²) in [6.07, 6.45) is 4.61. The van der Waals surface area contributed by atoms with Crippen molar-refractivity contribution in [1.82, 2.24) is 19.6 Å². The van der Waals surface area contributed by atoms with Crippen LogP contribution in [0.5, 0.6) is 0 Å². The predicted octanol–water partition coefficient (Wildman–Crippen LogP) is 2.20. The van der Waals surface area contributed by atoms with E-state index in [1.165, 1.54) is 33.9 Å². The Balaban J connectivity index is 1.52. The van der Waals surface area contributed by atoms with Crippen LogP contribution in [0.15, 0.2) is 48.9 Å². The summed E-state index contributed by atoms with van der Waals surface area (Å²) in [5.74, 6) is -0.865. The predicted molar refractivity (Wildman–Crippen MR) is 89.9 cm³/mol. The molecule has 26 heavy (non-hydrogen) atoms. The summed E-state index contributed by atoms with van der Waals surface area (Å²) in [6.45, 7) is 0.461. The molecule has 0 bridgehead atoms. The Labute approximate surface area is 147 Å². The van der Waals surface area contributed by atoms with Crippen molar-refractivity contribution in [3.05, 3.63) is 70.4 Å². The zero-order chi connectivity index (χ0) is 18.5. The maximum Gasteiger partial charge on any atom is 0.389 e. The van der Waals surface area contributed by atoms with Crippen LogP contribution < -0.4 is 5.32 Å². The molecule has 0 aliphatic carbocycles. The number of aromatic nitrogens is 4. The number of carbonyl (C=O) groups is 1. The van der Waals surface area contributed by atoms with E-state index in [2.05, 4.69) is 15.5 Å². The van der Waals surface area contributed by atoms with Gasteiger partial charge in [-0.25, -0.2) is 4.39 Å². The van der Waals surface area contributed by atoms with Crippen molar-refractivity contribution in [2.45, 2.75) is 19.5 Å². The number of hydrogen-bond acceptors (Lipinski definition) is 5. The van der Waals surface area contributed by atoms with Crippen molar-refractivity contribution in [3.63, 3.8) is 0 Å². The zero-order valence-electron chi connectivity index (χ0n) is 13.6. The van der Waals surface area contributed by atoms with Gasteiger partial charge in [0.2, 0.25) is 5.91 Å². The molecule has 0 saturated heterocycles. The monoisotopic (exact) mass is 358 g/mol. The average Bonchev–Trinajstić information content (AvgIpc) is 3.25. The van der Waals surface area contributed by atoms with Gasteiger partial charge in [0.25, 0.3) is 0 Å². The molecule has 0 aliphatic rings. The molecular formula is C16H15FN6O3. The van der Waals surface area contributed by atoms with Gasteiger partial charge in [0.1, 0.15) is 5.82 Å². The molecule has 0 radical (unpaired) electrons. The van der Waals surface area contributed by atoms with Crippen LogP contribution in [0.1, 0.15) is 12.0 Å². The first-order chi connectivity index (χ1) is 12.5. The second-order valence-electron chi connectivity index (χ2n) is 5.51. The summed E-state index contributed by atoms with van der Waals surface area (Å²) in [7, 11) is 0. The quantitative estimate of drug-likeness (QED) is 0.514. The molecule has 3 rings (SSSR count). The van der Waals surface area contributed by atoms with Crippen LogP contribution in [0.3, 0.4) is 0 Å². The molecule has 0 saturated carbocycles. The smallest absolute Gasteiger partial charge is 0.358 e. The number of amides is 1. The van der Waals surface area contributed by atoms with Crippen LogP contribution in [-0.2, 0) is 17.9 Å². The van der Waals surface area contributed by atoms with Gasteiger partial charge in [0, 0.05) is 18.2 Å². The number of halogens is 1. The molecule has 1 aromatic carbocycles. The topological polar surface area (TPSA) is 108 Å². The van der Waals surface area contributed by atoms with Gasteiger partial charge in [0.05, 0.1) is 42.3 Å². The Morgan fingerprint density at radius 3 is 2.81 bits per heavy atom. The third-order valence-corrected chi connectivity index (χ3v) is 3.59. The van der Waals surface area contributed by atoms with E-state index in [0.29, 0.717) is 11.3 Å². The summed E-state index contributed by atoms with van der Waals surface area (Å²) in [5.41, 5.74) is 0.978. The van der Waals surface area contributed by atoms with Crippen molar-refractivity contribution in [2.75, 3.05) is 5.32 Å². The molecule has 1 N–H and O–H groups in total. The second-order valence-corrected chi connectivity index (χ2v) is 5.51.